The maximum Gasteiger partial charge on any atom is 0.330 e. The summed E-state index contributed by atoms with van der Waals surface area (Å²) >= 11 is 0. The van der Waals surface area contributed by atoms with Crippen LogP contribution in [0.4, 0.5) is 10.1 Å². The van der Waals surface area contributed by atoms with Gasteiger partial charge in [-0.05, 0) is 35.4 Å². The van der Waals surface area contributed by atoms with Crippen LogP contribution in [0.15, 0.2) is 42.5 Å². The summed E-state index contributed by atoms with van der Waals surface area (Å²) in [5.74, 6) is -2.73. The second-order valence-electron chi connectivity index (χ2n) is 7.10. The number of para-hydroxylation sites is 1. The number of fused-ring (bicyclic) bond motifs is 1. The predicted molar refractivity (Wildman–Crippen MR) is 101 cm³/mol. The molecular formula is C21H19FN2O5. The minimum absolute atomic E-state index is 0.00400. The van der Waals surface area contributed by atoms with Gasteiger partial charge in [-0.2, -0.15) is 0 Å². The fourth-order valence-electron chi connectivity index (χ4n) is 3.72. The molecular weight excluding hydrogens is 379 g/mol. The van der Waals surface area contributed by atoms with E-state index in [-0.39, 0.29) is 24.6 Å². The van der Waals surface area contributed by atoms with Gasteiger partial charge in [-0.15, -0.1) is 0 Å². The maximum absolute atomic E-state index is 14.0. The third-order valence-corrected chi connectivity index (χ3v) is 5.22. The number of aliphatic carboxylic acids is 1. The van der Waals surface area contributed by atoms with Crippen molar-refractivity contribution in [3.05, 3.63) is 59.4 Å². The Labute approximate surface area is 166 Å². The summed E-state index contributed by atoms with van der Waals surface area (Å²) < 4.78 is 19.4. The number of carboxylic acid groups (broad SMARTS) is 1. The van der Waals surface area contributed by atoms with Crippen LogP contribution in [0.5, 0.6) is 5.75 Å². The van der Waals surface area contributed by atoms with Crippen molar-refractivity contribution >= 4 is 23.5 Å². The van der Waals surface area contributed by atoms with Crippen LogP contribution in [-0.2, 0) is 20.8 Å². The monoisotopic (exact) mass is 398 g/mol. The van der Waals surface area contributed by atoms with Crippen LogP contribution in [-0.4, -0.2) is 36.0 Å². The van der Waals surface area contributed by atoms with Crippen LogP contribution in [0.25, 0.3) is 0 Å². The Hall–Kier alpha value is -3.42. The number of nitrogens with zero attached hydrogens (tertiary/aromatic N) is 1. The molecule has 7 nitrogen and oxygen atoms in total. The first-order valence-electron chi connectivity index (χ1n) is 9.27. The SMILES string of the molecule is O=C(NC(C(=O)O)c1ccc2c(c1)CCO2)C1CC(=O)N(c2ccccc2F)C1. The summed E-state index contributed by atoms with van der Waals surface area (Å²) in [6, 6.07) is 9.61. The minimum atomic E-state index is -1.24. The molecule has 0 aliphatic carbocycles. The maximum atomic E-state index is 14.0. The Morgan fingerprint density at radius 1 is 1.24 bits per heavy atom. The van der Waals surface area contributed by atoms with Crippen molar-refractivity contribution in [3.63, 3.8) is 0 Å². The summed E-state index contributed by atoms with van der Waals surface area (Å²) in [5.41, 5.74) is 1.44. The lowest BCUT2D eigenvalue weighted by molar-refractivity contribution is -0.142. The van der Waals surface area contributed by atoms with Gasteiger partial charge < -0.3 is 20.1 Å². The van der Waals surface area contributed by atoms with E-state index in [9.17, 15) is 23.9 Å². The predicted octanol–water partition coefficient (Wildman–Crippen LogP) is 2.06. The van der Waals surface area contributed by atoms with Crippen LogP contribution in [0, 0.1) is 11.7 Å². The summed E-state index contributed by atoms with van der Waals surface area (Å²) in [4.78, 5) is 38.0. The molecule has 0 radical (unpaired) electrons. The average Bonchev–Trinajstić information content (AvgIpc) is 3.32. The zero-order valence-electron chi connectivity index (χ0n) is 15.4. The molecule has 0 saturated carbocycles. The number of carbonyl (C=O) groups excluding carboxylic acids is 2. The second kappa shape index (κ2) is 7.54. The standard InChI is InChI=1S/C21H19FN2O5/c22-15-3-1-2-4-16(15)24-11-14(10-18(24)25)20(26)23-19(21(27)28)13-5-6-17-12(9-13)7-8-29-17/h1-6,9,14,19H,7-8,10-11H2,(H,23,26)(H,27,28). The number of hydrogen-bond donors (Lipinski definition) is 2. The van der Waals surface area contributed by atoms with Crippen molar-refractivity contribution in [2.45, 2.75) is 18.9 Å². The molecule has 2 atom stereocenters. The Bertz CT molecular complexity index is 993. The molecule has 4 rings (SSSR count). The van der Waals surface area contributed by atoms with E-state index in [0.717, 1.165) is 5.56 Å². The van der Waals surface area contributed by atoms with Crippen molar-refractivity contribution in [1.29, 1.82) is 0 Å². The minimum Gasteiger partial charge on any atom is -0.493 e. The van der Waals surface area contributed by atoms with Crippen LogP contribution in [0.1, 0.15) is 23.6 Å². The number of carboxylic acids is 1. The van der Waals surface area contributed by atoms with E-state index < -0.39 is 29.7 Å². The molecule has 2 aromatic rings. The molecule has 1 saturated heterocycles. The van der Waals surface area contributed by atoms with Crippen LogP contribution in [0.3, 0.4) is 0 Å². The largest absolute Gasteiger partial charge is 0.493 e. The first-order valence-corrected chi connectivity index (χ1v) is 9.27. The first-order chi connectivity index (χ1) is 13.9. The van der Waals surface area contributed by atoms with Gasteiger partial charge in [0.15, 0.2) is 6.04 Å². The Morgan fingerprint density at radius 2 is 2.03 bits per heavy atom. The van der Waals surface area contributed by atoms with E-state index in [1.165, 1.54) is 23.1 Å². The molecule has 29 heavy (non-hydrogen) atoms. The lowest BCUT2D eigenvalue weighted by atomic mass is 10.0. The molecule has 0 aromatic heterocycles. The number of rotatable bonds is 5. The molecule has 2 aliphatic rings. The normalized spacial score (nSPS) is 18.9. The molecule has 0 spiro atoms. The molecule has 2 unspecified atom stereocenters. The van der Waals surface area contributed by atoms with E-state index in [2.05, 4.69) is 5.32 Å². The third kappa shape index (κ3) is 3.65. The molecule has 2 heterocycles. The Morgan fingerprint density at radius 3 is 2.79 bits per heavy atom. The van der Waals surface area contributed by atoms with Gasteiger partial charge in [-0.25, -0.2) is 9.18 Å². The van der Waals surface area contributed by atoms with E-state index in [4.69, 9.17) is 4.74 Å². The van der Waals surface area contributed by atoms with Gasteiger partial charge in [0.2, 0.25) is 11.8 Å². The summed E-state index contributed by atoms with van der Waals surface area (Å²) in [5, 5.41) is 12.1. The number of carbonyl (C=O) groups is 3. The topological polar surface area (TPSA) is 95.9 Å². The molecule has 2 aromatic carbocycles. The number of nitrogens with one attached hydrogen (secondary N) is 1. The molecule has 1 fully saturated rings. The van der Waals surface area contributed by atoms with Gasteiger partial charge >= 0.3 is 5.97 Å². The zero-order chi connectivity index (χ0) is 20.5. The summed E-state index contributed by atoms with van der Waals surface area (Å²) in [7, 11) is 0. The number of benzene rings is 2. The van der Waals surface area contributed by atoms with Gasteiger partial charge in [-0.1, -0.05) is 18.2 Å². The highest BCUT2D eigenvalue weighted by Gasteiger charge is 2.37. The van der Waals surface area contributed by atoms with Crippen molar-refractivity contribution < 1.29 is 28.6 Å². The van der Waals surface area contributed by atoms with Crippen LogP contribution in [0.2, 0.25) is 0 Å². The van der Waals surface area contributed by atoms with Gasteiger partial charge in [0.05, 0.1) is 18.2 Å². The number of anilines is 1. The fraction of sp³-hybridized carbons (Fsp3) is 0.286. The molecule has 150 valence electrons. The first kappa shape index (κ1) is 18.9. The molecule has 2 aliphatic heterocycles. The van der Waals surface area contributed by atoms with Crippen LogP contribution >= 0.6 is 0 Å². The molecule has 0 bridgehead atoms. The molecule has 8 heteroatoms. The van der Waals surface area contributed by atoms with Gasteiger partial charge in [0.1, 0.15) is 11.6 Å². The lowest BCUT2D eigenvalue weighted by Crippen LogP contribution is -2.38. The Kier molecular flexibility index (Phi) is 4.92. The lowest BCUT2D eigenvalue weighted by Gasteiger charge is -2.19. The summed E-state index contributed by atoms with van der Waals surface area (Å²) in [6.45, 7) is 0.537. The quantitative estimate of drug-likeness (QED) is 0.804. The number of halogens is 1. The van der Waals surface area contributed by atoms with Crippen molar-refractivity contribution in [1.82, 2.24) is 5.32 Å². The van der Waals surface area contributed by atoms with E-state index >= 15 is 0 Å². The van der Waals surface area contributed by atoms with Gasteiger partial charge in [0, 0.05) is 19.4 Å². The zero-order valence-corrected chi connectivity index (χ0v) is 15.4. The van der Waals surface area contributed by atoms with E-state index in [0.29, 0.717) is 24.3 Å². The van der Waals surface area contributed by atoms with Gasteiger partial charge in [0.25, 0.3) is 0 Å². The third-order valence-electron chi connectivity index (χ3n) is 5.22. The molecule has 2 N–H and O–H groups in total. The van der Waals surface area contributed by atoms with Crippen molar-refractivity contribution in [2.24, 2.45) is 5.92 Å². The smallest absolute Gasteiger partial charge is 0.330 e. The average molecular weight is 398 g/mol. The van der Waals surface area contributed by atoms with Gasteiger partial charge in [-0.3, -0.25) is 9.59 Å². The van der Waals surface area contributed by atoms with Crippen molar-refractivity contribution in [2.75, 3.05) is 18.1 Å². The highest BCUT2D eigenvalue weighted by molar-refractivity contribution is 6.01. The molecule has 2 amide bonds. The summed E-state index contributed by atoms with van der Waals surface area (Å²) in [6.07, 6.45) is 0.572. The number of ether oxygens (including phenoxy) is 1. The number of amides is 2. The van der Waals surface area contributed by atoms with E-state index in [1.54, 1.807) is 24.3 Å². The second-order valence-corrected chi connectivity index (χ2v) is 7.10. The van der Waals surface area contributed by atoms with Crippen molar-refractivity contribution in [3.8, 4) is 5.75 Å². The highest BCUT2D eigenvalue weighted by Crippen LogP contribution is 2.30. The highest BCUT2D eigenvalue weighted by atomic mass is 19.1. The van der Waals surface area contributed by atoms with E-state index in [1.807, 2.05) is 0 Å². The Balaban J connectivity index is 1.50. The number of hydrogen-bond acceptors (Lipinski definition) is 4. The van der Waals surface area contributed by atoms with Crippen LogP contribution < -0.4 is 15.0 Å². The fourth-order valence-corrected chi connectivity index (χ4v) is 3.72.